The minimum atomic E-state index is 0.0920. The van der Waals surface area contributed by atoms with E-state index in [-0.39, 0.29) is 12.5 Å². The molecule has 2 aliphatic heterocycles. The number of likely N-dealkylation sites (tertiary alicyclic amines) is 1. The average molecular weight is 434 g/mol. The Bertz CT molecular complexity index is 905. The van der Waals surface area contributed by atoms with E-state index in [2.05, 4.69) is 76.0 Å². The number of amides is 1. The van der Waals surface area contributed by atoms with Gasteiger partial charge in [-0.1, -0.05) is 54.6 Å². The molecule has 170 valence electrons. The number of fused-ring (bicyclic) bond motifs is 1. The number of carbonyl (C=O) groups is 1. The molecule has 0 atom stereocenters. The van der Waals surface area contributed by atoms with Crippen LogP contribution in [0.25, 0.3) is 0 Å². The van der Waals surface area contributed by atoms with Crippen LogP contribution in [0.5, 0.6) is 0 Å². The summed E-state index contributed by atoms with van der Waals surface area (Å²) in [5.74, 6) is 0.842. The first kappa shape index (κ1) is 22.3. The maximum absolute atomic E-state index is 12.8. The smallest absolute Gasteiger partial charge is 0.244 e. The van der Waals surface area contributed by atoms with E-state index >= 15 is 0 Å². The van der Waals surface area contributed by atoms with Crippen molar-refractivity contribution in [3.8, 4) is 0 Å². The fourth-order valence-corrected chi connectivity index (χ4v) is 4.55. The molecule has 0 spiro atoms. The van der Waals surface area contributed by atoms with Crippen LogP contribution in [0.15, 0.2) is 59.6 Å². The zero-order valence-corrected chi connectivity index (χ0v) is 19.1. The van der Waals surface area contributed by atoms with Gasteiger partial charge in [0.25, 0.3) is 0 Å². The monoisotopic (exact) mass is 433 g/mol. The van der Waals surface area contributed by atoms with E-state index in [0.717, 1.165) is 57.9 Å². The van der Waals surface area contributed by atoms with Crippen molar-refractivity contribution in [2.75, 3.05) is 32.7 Å². The summed E-state index contributed by atoms with van der Waals surface area (Å²) in [7, 11) is 0. The normalized spacial score (nSPS) is 17.7. The molecule has 0 bridgehead atoms. The van der Waals surface area contributed by atoms with E-state index in [1.165, 1.54) is 16.7 Å². The van der Waals surface area contributed by atoms with Gasteiger partial charge in [-0.2, -0.15) is 0 Å². The second kappa shape index (κ2) is 11.1. The standard InChI is InChI=1S/C26H35N5O/c1-2-27-26(28-18-25(32)31-17-12-22-10-6-7-11-23(22)20-31)29-24-13-15-30(16-14-24)19-21-8-4-3-5-9-21/h3-11,24H,2,12-20H2,1H3,(H2,27,28,29). The Hall–Kier alpha value is -2.86. The van der Waals surface area contributed by atoms with Crippen LogP contribution in [0.4, 0.5) is 0 Å². The number of guanidine groups is 1. The quantitative estimate of drug-likeness (QED) is 0.543. The van der Waals surface area contributed by atoms with Crippen molar-refractivity contribution in [3.05, 3.63) is 71.3 Å². The van der Waals surface area contributed by atoms with E-state index in [9.17, 15) is 4.79 Å². The predicted molar refractivity (Wildman–Crippen MR) is 129 cm³/mol. The summed E-state index contributed by atoms with van der Waals surface area (Å²) in [5, 5.41) is 6.87. The maximum atomic E-state index is 12.8. The highest BCUT2D eigenvalue weighted by molar-refractivity contribution is 5.85. The fourth-order valence-electron chi connectivity index (χ4n) is 4.55. The summed E-state index contributed by atoms with van der Waals surface area (Å²) in [4.78, 5) is 21.8. The van der Waals surface area contributed by atoms with Crippen LogP contribution >= 0.6 is 0 Å². The molecular formula is C26H35N5O. The van der Waals surface area contributed by atoms with Crippen LogP contribution in [0.1, 0.15) is 36.5 Å². The topological polar surface area (TPSA) is 60.0 Å². The largest absolute Gasteiger partial charge is 0.357 e. The van der Waals surface area contributed by atoms with E-state index in [1.54, 1.807) is 0 Å². The number of hydrogen-bond donors (Lipinski definition) is 2. The van der Waals surface area contributed by atoms with E-state index in [0.29, 0.717) is 12.6 Å². The molecule has 2 aromatic carbocycles. The molecule has 0 saturated carbocycles. The summed E-state index contributed by atoms with van der Waals surface area (Å²) in [6, 6.07) is 19.4. The highest BCUT2D eigenvalue weighted by Gasteiger charge is 2.22. The number of nitrogens with zero attached hydrogens (tertiary/aromatic N) is 3. The number of benzene rings is 2. The Balaban J connectivity index is 1.26. The molecule has 2 aromatic rings. The van der Waals surface area contributed by atoms with Crippen LogP contribution in [0, 0.1) is 0 Å². The second-order valence-corrected chi connectivity index (χ2v) is 8.71. The van der Waals surface area contributed by atoms with Crippen molar-refractivity contribution in [2.24, 2.45) is 4.99 Å². The molecule has 1 amide bonds. The Kier molecular flexibility index (Phi) is 7.77. The second-order valence-electron chi connectivity index (χ2n) is 8.71. The fraction of sp³-hybridized carbons (Fsp3) is 0.462. The highest BCUT2D eigenvalue weighted by Crippen LogP contribution is 2.18. The summed E-state index contributed by atoms with van der Waals surface area (Å²) in [6.45, 7) is 7.63. The van der Waals surface area contributed by atoms with Crippen LogP contribution in [0.3, 0.4) is 0 Å². The summed E-state index contributed by atoms with van der Waals surface area (Å²) < 4.78 is 0. The number of hydrogen-bond acceptors (Lipinski definition) is 3. The van der Waals surface area contributed by atoms with Crippen LogP contribution in [-0.2, 0) is 24.3 Å². The van der Waals surface area contributed by atoms with Gasteiger partial charge in [-0.05, 0) is 42.9 Å². The molecule has 2 heterocycles. The summed E-state index contributed by atoms with van der Waals surface area (Å²) >= 11 is 0. The Morgan fingerprint density at radius 3 is 2.47 bits per heavy atom. The van der Waals surface area contributed by atoms with Gasteiger partial charge in [0, 0.05) is 45.3 Å². The Morgan fingerprint density at radius 2 is 1.72 bits per heavy atom. The Labute approximate surface area is 191 Å². The van der Waals surface area contributed by atoms with E-state index < -0.39 is 0 Å². The highest BCUT2D eigenvalue weighted by atomic mass is 16.2. The summed E-state index contributed by atoms with van der Waals surface area (Å²) in [6.07, 6.45) is 3.08. The molecule has 6 heteroatoms. The van der Waals surface area contributed by atoms with Crippen molar-refractivity contribution in [3.63, 3.8) is 0 Å². The molecule has 0 aliphatic carbocycles. The molecular weight excluding hydrogens is 398 g/mol. The first-order valence-electron chi connectivity index (χ1n) is 11.9. The van der Waals surface area contributed by atoms with Gasteiger partial charge in [-0.3, -0.25) is 9.69 Å². The van der Waals surface area contributed by atoms with Crippen molar-refractivity contribution in [1.82, 2.24) is 20.4 Å². The molecule has 0 unspecified atom stereocenters. The number of carbonyl (C=O) groups excluding carboxylic acids is 1. The summed E-state index contributed by atoms with van der Waals surface area (Å²) in [5.41, 5.74) is 3.98. The third-order valence-electron chi connectivity index (χ3n) is 6.38. The molecule has 2 N–H and O–H groups in total. The molecule has 1 saturated heterocycles. The number of rotatable bonds is 6. The lowest BCUT2D eigenvalue weighted by atomic mass is 10.00. The first-order valence-corrected chi connectivity index (χ1v) is 11.9. The van der Waals surface area contributed by atoms with E-state index in [1.807, 2.05) is 11.0 Å². The number of piperidine rings is 1. The predicted octanol–water partition coefficient (Wildman–Crippen LogP) is 2.79. The third-order valence-corrected chi connectivity index (χ3v) is 6.38. The minimum absolute atomic E-state index is 0.0920. The van der Waals surface area contributed by atoms with E-state index in [4.69, 9.17) is 0 Å². The van der Waals surface area contributed by atoms with Gasteiger partial charge in [0.2, 0.25) is 5.91 Å². The van der Waals surface area contributed by atoms with Gasteiger partial charge >= 0.3 is 0 Å². The lowest BCUT2D eigenvalue weighted by Gasteiger charge is -2.33. The van der Waals surface area contributed by atoms with Crippen molar-refractivity contribution < 1.29 is 4.79 Å². The molecule has 0 aromatic heterocycles. The third kappa shape index (κ3) is 6.10. The van der Waals surface area contributed by atoms with Crippen molar-refractivity contribution in [1.29, 1.82) is 0 Å². The van der Waals surface area contributed by atoms with Crippen LogP contribution < -0.4 is 10.6 Å². The lowest BCUT2D eigenvalue weighted by molar-refractivity contribution is -0.130. The molecule has 2 aliphatic rings. The number of nitrogens with one attached hydrogen (secondary N) is 2. The SMILES string of the molecule is CCNC(=NCC(=O)N1CCc2ccccc2C1)NC1CCN(Cc2ccccc2)CC1. The van der Waals surface area contributed by atoms with Gasteiger partial charge in [-0.15, -0.1) is 0 Å². The first-order chi connectivity index (χ1) is 15.7. The molecule has 32 heavy (non-hydrogen) atoms. The van der Waals surface area contributed by atoms with Gasteiger partial charge in [0.15, 0.2) is 5.96 Å². The lowest BCUT2D eigenvalue weighted by Crippen LogP contribution is -2.49. The van der Waals surface area contributed by atoms with Gasteiger partial charge < -0.3 is 15.5 Å². The number of aliphatic imine (C=N–C) groups is 1. The van der Waals surface area contributed by atoms with Gasteiger partial charge in [0.1, 0.15) is 6.54 Å². The zero-order chi connectivity index (χ0) is 22.2. The Morgan fingerprint density at radius 1 is 1.00 bits per heavy atom. The molecule has 1 fully saturated rings. The average Bonchev–Trinajstić information content (AvgIpc) is 2.84. The van der Waals surface area contributed by atoms with Crippen LogP contribution in [-0.4, -0.2) is 60.4 Å². The molecule has 4 rings (SSSR count). The maximum Gasteiger partial charge on any atom is 0.244 e. The molecule has 0 radical (unpaired) electrons. The van der Waals surface area contributed by atoms with Gasteiger partial charge in [-0.25, -0.2) is 4.99 Å². The zero-order valence-electron chi connectivity index (χ0n) is 19.1. The molecule has 6 nitrogen and oxygen atoms in total. The van der Waals surface area contributed by atoms with Gasteiger partial charge in [0.05, 0.1) is 0 Å². The van der Waals surface area contributed by atoms with Crippen LogP contribution in [0.2, 0.25) is 0 Å². The van der Waals surface area contributed by atoms with Crippen molar-refractivity contribution >= 4 is 11.9 Å². The minimum Gasteiger partial charge on any atom is -0.357 e. The van der Waals surface area contributed by atoms with Crippen molar-refractivity contribution in [2.45, 2.75) is 45.3 Å².